The monoisotopic (exact) mass is 629 g/mol. The van der Waals surface area contributed by atoms with Crippen LogP contribution in [-0.2, 0) is 14.3 Å². The zero-order chi connectivity index (χ0) is 31.5. The van der Waals surface area contributed by atoms with Crippen molar-refractivity contribution in [3.63, 3.8) is 0 Å². The number of carbonyl (C=O) groups is 1. The zero-order valence-electron chi connectivity index (χ0n) is 24.1. The minimum atomic E-state index is -1.40. The number of hydrogen-bond donors (Lipinski definition) is 3. The third-order valence-electron chi connectivity index (χ3n) is 8.15. The first-order valence-corrected chi connectivity index (χ1v) is 14.5. The smallest absolute Gasteiger partial charge is 0.259 e. The number of ether oxygens (including phenoxy) is 3. The van der Waals surface area contributed by atoms with Gasteiger partial charge in [-0.1, -0.05) is 29.7 Å². The van der Waals surface area contributed by atoms with E-state index in [2.05, 4.69) is 16.4 Å². The Morgan fingerprint density at radius 3 is 2.64 bits per heavy atom. The summed E-state index contributed by atoms with van der Waals surface area (Å²) in [5.41, 5.74) is 1.14. The summed E-state index contributed by atoms with van der Waals surface area (Å²) in [5.74, 6) is -0.854. The van der Waals surface area contributed by atoms with Crippen LogP contribution in [0.15, 0.2) is 42.6 Å². The number of aliphatic hydroxyl groups is 3. The van der Waals surface area contributed by atoms with Gasteiger partial charge in [0.1, 0.15) is 41.6 Å². The van der Waals surface area contributed by atoms with Crippen LogP contribution in [0, 0.1) is 17.1 Å². The summed E-state index contributed by atoms with van der Waals surface area (Å²) in [6.07, 6.45) is -2.09. The molecule has 1 aliphatic heterocycles. The number of carbonyl (C=O) groups excluding carboxylic acids is 1. The number of benzene rings is 2. The second-order valence-corrected chi connectivity index (χ2v) is 11.3. The van der Waals surface area contributed by atoms with Crippen molar-refractivity contribution in [2.75, 3.05) is 25.7 Å². The largest absolute Gasteiger partial charge is 0.497 e. The fourth-order valence-electron chi connectivity index (χ4n) is 6.03. The lowest BCUT2D eigenvalue weighted by atomic mass is 9.88. The minimum absolute atomic E-state index is 0.156. The van der Waals surface area contributed by atoms with Crippen molar-refractivity contribution in [2.24, 2.45) is 0 Å². The van der Waals surface area contributed by atoms with E-state index in [0.29, 0.717) is 29.8 Å². The summed E-state index contributed by atoms with van der Waals surface area (Å²) in [7, 11) is 2.78. The molecule has 0 unspecified atom stereocenters. The van der Waals surface area contributed by atoms with Crippen LogP contribution in [0.3, 0.4) is 0 Å². The molecule has 0 radical (unpaired) electrons. The van der Waals surface area contributed by atoms with Crippen LogP contribution in [0.2, 0.25) is 5.02 Å². The third kappa shape index (κ3) is 6.28. The van der Waals surface area contributed by atoms with Crippen LogP contribution in [-0.4, -0.2) is 93.6 Å². The molecule has 1 amide bonds. The summed E-state index contributed by atoms with van der Waals surface area (Å²) in [4.78, 5) is 16.0. The number of nitriles is 1. The number of halogens is 2. The van der Waals surface area contributed by atoms with Gasteiger partial charge in [-0.05, 0) is 43.2 Å². The molecule has 1 saturated heterocycles. The van der Waals surface area contributed by atoms with Crippen LogP contribution in [0.1, 0.15) is 37.3 Å². The Hall–Kier alpha value is -3.64. The Labute approximate surface area is 258 Å². The molecular weight excluding hydrogens is 597 g/mol. The maximum atomic E-state index is 14.6. The minimum Gasteiger partial charge on any atom is -0.497 e. The molecule has 7 atom stereocenters. The van der Waals surface area contributed by atoms with Gasteiger partial charge in [0.25, 0.3) is 5.91 Å². The molecule has 234 valence electrons. The molecule has 2 fully saturated rings. The lowest BCUT2D eigenvalue weighted by Crippen LogP contribution is -2.63. The Balaban J connectivity index is 1.57. The van der Waals surface area contributed by atoms with E-state index in [1.54, 1.807) is 6.07 Å². The number of nitrogens with zero attached hydrogens (tertiary/aromatic N) is 5. The van der Waals surface area contributed by atoms with Crippen molar-refractivity contribution < 1.29 is 38.7 Å². The van der Waals surface area contributed by atoms with E-state index in [-0.39, 0.29) is 16.3 Å². The van der Waals surface area contributed by atoms with Gasteiger partial charge in [0.05, 0.1) is 43.7 Å². The molecule has 12 nitrogen and oxygen atoms in total. The van der Waals surface area contributed by atoms with Crippen molar-refractivity contribution in [2.45, 2.75) is 68.3 Å². The highest BCUT2D eigenvalue weighted by atomic mass is 35.5. The lowest BCUT2D eigenvalue weighted by Gasteiger charge is -2.46. The second kappa shape index (κ2) is 13.6. The average Bonchev–Trinajstić information content (AvgIpc) is 3.51. The van der Waals surface area contributed by atoms with Gasteiger partial charge >= 0.3 is 0 Å². The fourth-order valence-corrected chi connectivity index (χ4v) is 6.25. The molecule has 2 heterocycles. The van der Waals surface area contributed by atoms with E-state index in [9.17, 15) is 29.8 Å². The molecule has 14 heteroatoms. The highest BCUT2D eigenvalue weighted by Crippen LogP contribution is 2.37. The van der Waals surface area contributed by atoms with Crippen LogP contribution in [0.4, 0.5) is 10.1 Å². The molecule has 0 bridgehead atoms. The van der Waals surface area contributed by atoms with Crippen LogP contribution < -0.4 is 9.64 Å². The number of amides is 1. The van der Waals surface area contributed by atoms with E-state index in [0.717, 1.165) is 18.9 Å². The first-order chi connectivity index (χ1) is 21.2. The quantitative estimate of drug-likeness (QED) is 0.337. The third-order valence-corrected chi connectivity index (χ3v) is 8.37. The Morgan fingerprint density at radius 1 is 1.20 bits per heavy atom. The van der Waals surface area contributed by atoms with Crippen molar-refractivity contribution >= 4 is 23.2 Å². The number of aromatic nitrogens is 3. The molecule has 1 saturated carbocycles. The highest BCUT2D eigenvalue weighted by Gasteiger charge is 2.52. The number of rotatable bonds is 8. The van der Waals surface area contributed by atoms with E-state index >= 15 is 0 Å². The molecule has 3 N–H and O–H groups in total. The number of aliphatic hydroxyl groups excluding tert-OH is 3. The summed E-state index contributed by atoms with van der Waals surface area (Å²) in [6, 6.07) is 8.86. The first kappa shape index (κ1) is 31.8. The van der Waals surface area contributed by atoms with Crippen molar-refractivity contribution in [3.05, 3.63) is 59.0 Å². The first-order valence-electron chi connectivity index (χ1n) is 14.1. The number of anilines is 1. The highest BCUT2D eigenvalue weighted by molar-refractivity contribution is 6.30. The summed E-state index contributed by atoms with van der Waals surface area (Å²) < 4.78 is 32.5. The van der Waals surface area contributed by atoms with Gasteiger partial charge in [-0.2, -0.15) is 5.26 Å². The standard InChI is InChI=1S/C30H33ClFN5O7/c1-42-21-8-16(13-33)7-20(12-21)37(23-5-3-4-6-24(23)39)30(41)29-28(43-2)26(27(40)25(15-38)44-29)36-14-22(34-35-36)17-9-18(31)11-19(32)10-17/h7-12,14,23-29,38-40H,3-6,15H2,1-2H3/t23-,24-,25+,26-,27-,28+,29+/m0/s1. The van der Waals surface area contributed by atoms with E-state index < -0.39 is 60.9 Å². The van der Waals surface area contributed by atoms with E-state index in [4.69, 9.17) is 25.8 Å². The van der Waals surface area contributed by atoms with Gasteiger partial charge < -0.3 is 34.4 Å². The molecule has 2 aromatic carbocycles. The Bertz CT molecular complexity index is 1510. The molecule has 0 spiro atoms. The topological polar surface area (TPSA) is 163 Å². The van der Waals surface area contributed by atoms with Gasteiger partial charge in [-0.3, -0.25) is 4.79 Å². The Kier molecular flexibility index (Phi) is 9.79. The predicted molar refractivity (Wildman–Crippen MR) is 155 cm³/mol. The van der Waals surface area contributed by atoms with Gasteiger partial charge in [-0.15, -0.1) is 5.10 Å². The number of methoxy groups -OCH3 is 2. The summed E-state index contributed by atoms with van der Waals surface area (Å²) >= 11 is 6.02. The Morgan fingerprint density at radius 2 is 1.98 bits per heavy atom. The lowest BCUT2D eigenvalue weighted by molar-refractivity contribution is -0.211. The van der Waals surface area contributed by atoms with Crippen LogP contribution in [0.5, 0.6) is 5.75 Å². The van der Waals surface area contributed by atoms with Gasteiger partial charge in [0.15, 0.2) is 6.10 Å². The van der Waals surface area contributed by atoms with Crippen molar-refractivity contribution in [1.29, 1.82) is 5.26 Å². The molecule has 1 aromatic heterocycles. The normalized spacial score (nSPS) is 27.0. The molecule has 2 aliphatic rings. The summed E-state index contributed by atoms with van der Waals surface area (Å²) in [6.45, 7) is -0.636. The van der Waals surface area contributed by atoms with Gasteiger partial charge in [0, 0.05) is 29.4 Å². The fraction of sp³-hybridized carbons (Fsp3) is 0.467. The number of hydrogen-bond acceptors (Lipinski definition) is 10. The maximum absolute atomic E-state index is 14.6. The van der Waals surface area contributed by atoms with Crippen molar-refractivity contribution in [1.82, 2.24) is 15.0 Å². The SMILES string of the molecule is COc1cc(C#N)cc(N(C(=O)[C@@H]2O[C@H](CO)[C@H](O)[C@H](n3cc(-c4cc(F)cc(Cl)c4)nn3)[C@H]2OC)[C@H]2CCCC[C@@H]2O)c1. The van der Waals surface area contributed by atoms with E-state index in [1.165, 1.54) is 54.3 Å². The van der Waals surface area contributed by atoms with Crippen LogP contribution in [0.25, 0.3) is 11.3 Å². The predicted octanol–water partition coefficient (Wildman–Crippen LogP) is 2.63. The molecule has 1 aliphatic carbocycles. The molecule has 5 rings (SSSR count). The van der Waals surface area contributed by atoms with Gasteiger partial charge in [0.2, 0.25) is 0 Å². The van der Waals surface area contributed by atoms with Crippen LogP contribution >= 0.6 is 11.6 Å². The second-order valence-electron chi connectivity index (χ2n) is 10.9. The summed E-state index contributed by atoms with van der Waals surface area (Å²) in [5, 5.41) is 50.6. The molecule has 44 heavy (non-hydrogen) atoms. The molecule has 3 aromatic rings. The van der Waals surface area contributed by atoms with E-state index in [1.807, 2.05) is 0 Å². The zero-order valence-corrected chi connectivity index (χ0v) is 24.8. The average molecular weight is 630 g/mol. The maximum Gasteiger partial charge on any atom is 0.259 e. The van der Waals surface area contributed by atoms with Gasteiger partial charge in [-0.25, -0.2) is 9.07 Å². The molecular formula is C30H33ClFN5O7. The van der Waals surface area contributed by atoms with Crippen molar-refractivity contribution in [3.8, 4) is 23.1 Å².